The Morgan fingerprint density at radius 1 is 1.08 bits per heavy atom. The van der Waals surface area contributed by atoms with Gasteiger partial charge in [0.25, 0.3) is 5.91 Å². The summed E-state index contributed by atoms with van der Waals surface area (Å²) in [6.45, 7) is 1.91. The van der Waals surface area contributed by atoms with Crippen molar-refractivity contribution in [1.29, 1.82) is 0 Å². The SMILES string of the molecule is CCS(=O)(=O)c1ncc(N(Cc2ccc(F)cc2)Cc2ccco2)c(C(=O)Nc2ccccc2Cl)n1. The lowest BCUT2D eigenvalue weighted by Crippen LogP contribution is -2.27. The third kappa shape index (κ3) is 5.89. The number of nitrogens with zero attached hydrogens (tertiary/aromatic N) is 3. The highest BCUT2D eigenvalue weighted by Gasteiger charge is 2.25. The van der Waals surface area contributed by atoms with Crippen LogP contribution in [0.5, 0.6) is 0 Å². The van der Waals surface area contributed by atoms with Gasteiger partial charge in [0.05, 0.1) is 41.2 Å². The molecule has 11 heteroatoms. The monoisotopic (exact) mass is 528 g/mol. The molecular formula is C25H22ClFN4O4S. The molecule has 0 aliphatic heterocycles. The Kier molecular flexibility index (Phi) is 7.66. The molecule has 0 aliphatic carbocycles. The number of carbonyl (C=O) groups is 1. The fraction of sp³-hybridized carbons (Fsp3) is 0.160. The Bertz CT molecular complexity index is 1460. The molecule has 186 valence electrons. The number of furan rings is 1. The van der Waals surface area contributed by atoms with Crippen molar-refractivity contribution < 1.29 is 22.0 Å². The number of anilines is 2. The zero-order chi connectivity index (χ0) is 25.7. The Morgan fingerprint density at radius 3 is 2.50 bits per heavy atom. The summed E-state index contributed by atoms with van der Waals surface area (Å²) in [6.07, 6.45) is 2.81. The molecule has 8 nitrogen and oxygen atoms in total. The Hall–Kier alpha value is -3.76. The maximum atomic E-state index is 13.5. The van der Waals surface area contributed by atoms with E-state index < -0.39 is 20.9 Å². The van der Waals surface area contributed by atoms with Crippen molar-refractivity contribution in [2.24, 2.45) is 0 Å². The standard InChI is InChI=1S/C25H22ClFN4O4S/c1-2-36(33,34)25-28-14-22(23(30-25)24(32)29-21-8-4-3-7-20(21)26)31(16-19-6-5-13-35-19)15-17-9-11-18(27)12-10-17/h3-14H,2,15-16H2,1H3,(H,29,32). The fourth-order valence-electron chi connectivity index (χ4n) is 3.41. The highest BCUT2D eigenvalue weighted by Crippen LogP contribution is 2.27. The summed E-state index contributed by atoms with van der Waals surface area (Å²) < 4.78 is 44.0. The highest BCUT2D eigenvalue weighted by molar-refractivity contribution is 7.91. The molecule has 0 spiro atoms. The van der Waals surface area contributed by atoms with E-state index in [1.54, 1.807) is 53.4 Å². The molecule has 0 aliphatic rings. The molecule has 0 unspecified atom stereocenters. The number of aromatic nitrogens is 2. The summed E-state index contributed by atoms with van der Waals surface area (Å²) in [6, 6.07) is 16.0. The number of hydrogen-bond donors (Lipinski definition) is 1. The second-order valence-electron chi connectivity index (χ2n) is 7.79. The predicted octanol–water partition coefficient (Wildman–Crippen LogP) is 5.11. The summed E-state index contributed by atoms with van der Waals surface area (Å²) >= 11 is 6.20. The van der Waals surface area contributed by atoms with Crippen LogP contribution in [0.25, 0.3) is 0 Å². The third-order valence-electron chi connectivity index (χ3n) is 5.30. The Balaban J connectivity index is 1.80. The van der Waals surface area contributed by atoms with Crippen LogP contribution in [0.1, 0.15) is 28.7 Å². The number of amides is 1. The van der Waals surface area contributed by atoms with Gasteiger partial charge in [-0.3, -0.25) is 4.79 Å². The van der Waals surface area contributed by atoms with E-state index in [1.807, 2.05) is 0 Å². The molecule has 4 aromatic rings. The van der Waals surface area contributed by atoms with Gasteiger partial charge in [-0.25, -0.2) is 22.8 Å². The van der Waals surface area contributed by atoms with Crippen molar-refractivity contribution in [1.82, 2.24) is 9.97 Å². The van der Waals surface area contributed by atoms with Gasteiger partial charge in [-0.2, -0.15) is 0 Å². The van der Waals surface area contributed by atoms with Crippen LogP contribution in [-0.2, 0) is 22.9 Å². The van der Waals surface area contributed by atoms with Gasteiger partial charge < -0.3 is 14.6 Å². The first-order valence-electron chi connectivity index (χ1n) is 10.9. The molecule has 1 amide bonds. The van der Waals surface area contributed by atoms with Gasteiger partial charge in [-0.05, 0) is 42.0 Å². The third-order valence-corrected chi connectivity index (χ3v) is 7.14. The average molecular weight is 529 g/mol. The Labute approximate surface area is 212 Å². The molecule has 0 radical (unpaired) electrons. The molecule has 1 N–H and O–H groups in total. The van der Waals surface area contributed by atoms with Gasteiger partial charge in [0.1, 0.15) is 11.6 Å². The molecular weight excluding hydrogens is 507 g/mol. The topological polar surface area (TPSA) is 105 Å². The normalized spacial score (nSPS) is 11.3. The second-order valence-corrected chi connectivity index (χ2v) is 10.4. The molecule has 0 saturated carbocycles. The number of benzene rings is 2. The summed E-state index contributed by atoms with van der Waals surface area (Å²) in [5.74, 6) is -0.700. The number of rotatable bonds is 9. The summed E-state index contributed by atoms with van der Waals surface area (Å²) in [5, 5.41) is 2.54. The van der Waals surface area contributed by atoms with Crippen molar-refractivity contribution in [3.63, 3.8) is 0 Å². The van der Waals surface area contributed by atoms with Crippen LogP contribution in [-0.4, -0.2) is 30.0 Å². The van der Waals surface area contributed by atoms with E-state index in [-0.39, 0.29) is 36.0 Å². The van der Waals surface area contributed by atoms with E-state index in [0.717, 1.165) is 5.56 Å². The predicted molar refractivity (Wildman–Crippen MR) is 134 cm³/mol. The molecule has 36 heavy (non-hydrogen) atoms. The number of nitrogens with one attached hydrogen (secondary N) is 1. The summed E-state index contributed by atoms with van der Waals surface area (Å²) in [7, 11) is -3.80. The van der Waals surface area contributed by atoms with Gasteiger partial charge in [0, 0.05) is 6.54 Å². The number of hydrogen-bond acceptors (Lipinski definition) is 7. The minimum atomic E-state index is -3.80. The first kappa shape index (κ1) is 25.3. The number of para-hydroxylation sites is 1. The second kappa shape index (κ2) is 10.9. The zero-order valence-corrected chi connectivity index (χ0v) is 20.8. The van der Waals surface area contributed by atoms with Gasteiger partial charge in [0.15, 0.2) is 5.69 Å². The van der Waals surface area contributed by atoms with Crippen LogP contribution in [0.2, 0.25) is 5.02 Å². The van der Waals surface area contributed by atoms with Gasteiger partial charge in [0.2, 0.25) is 15.0 Å². The minimum Gasteiger partial charge on any atom is -0.467 e. The van der Waals surface area contributed by atoms with Crippen LogP contribution >= 0.6 is 11.6 Å². The maximum absolute atomic E-state index is 13.5. The largest absolute Gasteiger partial charge is 0.467 e. The maximum Gasteiger partial charge on any atom is 0.276 e. The molecule has 0 bridgehead atoms. The number of carbonyl (C=O) groups excluding carboxylic acids is 1. The molecule has 2 heterocycles. The molecule has 4 rings (SSSR count). The van der Waals surface area contributed by atoms with Crippen LogP contribution in [0, 0.1) is 5.82 Å². The van der Waals surface area contributed by atoms with Gasteiger partial charge in [-0.15, -0.1) is 0 Å². The highest BCUT2D eigenvalue weighted by atomic mass is 35.5. The molecule has 2 aromatic carbocycles. The van der Waals surface area contributed by atoms with Crippen LogP contribution in [0.15, 0.2) is 82.7 Å². The summed E-state index contributed by atoms with van der Waals surface area (Å²) in [5.41, 5.74) is 1.18. The van der Waals surface area contributed by atoms with Crippen molar-refractivity contribution in [3.8, 4) is 0 Å². The van der Waals surface area contributed by atoms with Gasteiger partial charge >= 0.3 is 0 Å². The fourth-order valence-corrected chi connectivity index (χ4v) is 4.29. The smallest absolute Gasteiger partial charge is 0.276 e. The lowest BCUT2D eigenvalue weighted by atomic mass is 10.1. The molecule has 2 aromatic heterocycles. The number of sulfone groups is 1. The molecule has 0 fully saturated rings. The quantitative estimate of drug-likeness (QED) is 0.301. The van der Waals surface area contributed by atoms with Crippen LogP contribution in [0.4, 0.5) is 15.8 Å². The zero-order valence-electron chi connectivity index (χ0n) is 19.2. The number of halogens is 2. The molecule has 0 atom stereocenters. The van der Waals surface area contributed by atoms with Crippen molar-refractivity contribution in [2.45, 2.75) is 25.2 Å². The summed E-state index contributed by atoms with van der Waals surface area (Å²) in [4.78, 5) is 23.4. The van der Waals surface area contributed by atoms with E-state index in [2.05, 4.69) is 15.3 Å². The van der Waals surface area contributed by atoms with E-state index in [9.17, 15) is 17.6 Å². The van der Waals surface area contributed by atoms with E-state index in [4.69, 9.17) is 16.0 Å². The van der Waals surface area contributed by atoms with E-state index in [0.29, 0.717) is 16.5 Å². The van der Waals surface area contributed by atoms with Crippen molar-refractivity contribution in [2.75, 3.05) is 16.0 Å². The minimum absolute atomic E-state index is 0.161. The Morgan fingerprint density at radius 2 is 1.83 bits per heavy atom. The van der Waals surface area contributed by atoms with E-state index >= 15 is 0 Å². The lowest BCUT2D eigenvalue weighted by molar-refractivity contribution is 0.102. The lowest BCUT2D eigenvalue weighted by Gasteiger charge is -2.25. The van der Waals surface area contributed by atoms with Crippen LogP contribution in [0.3, 0.4) is 0 Å². The van der Waals surface area contributed by atoms with Crippen molar-refractivity contribution >= 4 is 38.7 Å². The van der Waals surface area contributed by atoms with E-state index in [1.165, 1.54) is 31.5 Å². The van der Waals surface area contributed by atoms with Crippen LogP contribution < -0.4 is 10.2 Å². The first-order chi connectivity index (χ1) is 17.3. The van der Waals surface area contributed by atoms with Crippen molar-refractivity contribution in [3.05, 3.63) is 101 Å². The average Bonchev–Trinajstić information content (AvgIpc) is 3.39. The van der Waals surface area contributed by atoms with Gasteiger partial charge in [-0.1, -0.05) is 42.8 Å². The first-order valence-corrected chi connectivity index (χ1v) is 13.0. The molecule has 0 saturated heterocycles.